The first-order chi connectivity index (χ1) is 11.8. The predicted octanol–water partition coefficient (Wildman–Crippen LogP) is 2.58. The summed E-state index contributed by atoms with van der Waals surface area (Å²) in [6.45, 7) is 16.3. The Morgan fingerprint density at radius 3 is 2.35 bits per heavy atom. The normalized spacial score (nSPS) is 24.9. The van der Waals surface area contributed by atoms with Gasteiger partial charge in [0.2, 0.25) is 5.91 Å². The van der Waals surface area contributed by atoms with Crippen molar-refractivity contribution in [3.63, 3.8) is 0 Å². The summed E-state index contributed by atoms with van der Waals surface area (Å²) in [4.78, 5) is 20.6. The number of carbonyl (C=O) groups is 1. The lowest BCUT2D eigenvalue weighted by Gasteiger charge is -2.40. The van der Waals surface area contributed by atoms with Gasteiger partial charge >= 0.3 is 0 Å². The number of amides is 1. The van der Waals surface area contributed by atoms with E-state index in [1.165, 1.54) is 6.42 Å². The molecule has 0 bridgehead atoms. The largest absolute Gasteiger partial charge is 0.377 e. The Morgan fingerprint density at radius 2 is 1.81 bits per heavy atom. The van der Waals surface area contributed by atoms with Crippen molar-refractivity contribution in [2.75, 3.05) is 45.9 Å². The molecule has 2 aliphatic rings. The number of hydrogen-bond donors (Lipinski definition) is 1. The first kappa shape index (κ1) is 23.5. The van der Waals surface area contributed by atoms with Gasteiger partial charge in [0.25, 0.3) is 0 Å². The first-order valence-corrected chi connectivity index (χ1v) is 9.73. The van der Waals surface area contributed by atoms with Crippen LogP contribution in [0.15, 0.2) is 4.99 Å². The molecule has 7 heteroatoms. The molecule has 6 nitrogen and oxygen atoms in total. The smallest absolute Gasteiger partial charge is 0.219 e. The number of ether oxygens (including phenoxy) is 1. The first-order valence-electron chi connectivity index (χ1n) is 9.73. The standard InChI is InChI=1S/C19H36N4O2.HI/c1-6-20-18(23-11-9-22(10-12-23)15(2)24)21-14-16-8-7-13-25-17(16)19(3,4)5;/h16-17H,6-14H2,1-5H3,(H,20,21);1H. The molecule has 0 spiro atoms. The molecule has 2 atom stereocenters. The summed E-state index contributed by atoms with van der Waals surface area (Å²) in [5.74, 6) is 1.61. The molecule has 2 aliphatic heterocycles. The molecule has 0 aliphatic carbocycles. The highest BCUT2D eigenvalue weighted by atomic mass is 127. The highest BCUT2D eigenvalue weighted by Gasteiger charge is 2.35. The topological polar surface area (TPSA) is 57.2 Å². The maximum absolute atomic E-state index is 11.5. The van der Waals surface area contributed by atoms with E-state index in [4.69, 9.17) is 9.73 Å². The van der Waals surface area contributed by atoms with Gasteiger partial charge in [-0.2, -0.15) is 0 Å². The molecule has 1 N–H and O–H groups in total. The third kappa shape index (κ3) is 6.55. The van der Waals surface area contributed by atoms with Crippen molar-refractivity contribution in [2.24, 2.45) is 16.3 Å². The Labute approximate surface area is 176 Å². The minimum Gasteiger partial charge on any atom is -0.377 e. The van der Waals surface area contributed by atoms with Crippen molar-refractivity contribution in [1.82, 2.24) is 15.1 Å². The summed E-state index contributed by atoms with van der Waals surface area (Å²) in [6, 6.07) is 0. The van der Waals surface area contributed by atoms with E-state index in [2.05, 4.69) is 37.9 Å². The van der Waals surface area contributed by atoms with Crippen LogP contribution in [-0.2, 0) is 9.53 Å². The van der Waals surface area contributed by atoms with Gasteiger partial charge in [0, 0.05) is 58.7 Å². The second-order valence-electron chi connectivity index (χ2n) is 8.25. The van der Waals surface area contributed by atoms with Gasteiger partial charge in [0.05, 0.1) is 6.10 Å². The van der Waals surface area contributed by atoms with Crippen LogP contribution >= 0.6 is 24.0 Å². The van der Waals surface area contributed by atoms with Crippen LogP contribution in [0.5, 0.6) is 0 Å². The number of nitrogens with one attached hydrogen (secondary N) is 1. The minimum absolute atomic E-state index is 0. The van der Waals surface area contributed by atoms with E-state index in [1.54, 1.807) is 6.92 Å². The van der Waals surface area contributed by atoms with E-state index in [9.17, 15) is 4.79 Å². The minimum atomic E-state index is 0. The maximum Gasteiger partial charge on any atom is 0.219 e. The molecule has 2 unspecified atom stereocenters. The molecule has 2 saturated heterocycles. The van der Waals surface area contributed by atoms with E-state index in [1.807, 2.05) is 4.90 Å². The predicted molar refractivity (Wildman–Crippen MR) is 117 cm³/mol. The van der Waals surface area contributed by atoms with Crippen LogP contribution in [-0.4, -0.2) is 73.6 Å². The zero-order chi connectivity index (χ0) is 18.4. The second-order valence-corrected chi connectivity index (χ2v) is 8.25. The Kier molecular flexibility index (Phi) is 9.64. The van der Waals surface area contributed by atoms with Gasteiger partial charge in [0.15, 0.2) is 5.96 Å². The fraction of sp³-hybridized carbons (Fsp3) is 0.895. The molecule has 2 heterocycles. The van der Waals surface area contributed by atoms with Gasteiger partial charge in [0.1, 0.15) is 0 Å². The molecule has 2 rings (SSSR count). The van der Waals surface area contributed by atoms with Crippen molar-refractivity contribution in [3.05, 3.63) is 0 Å². The van der Waals surface area contributed by atoms with Crippen LogP contribution < -0.4 is 5.32 Å². The number of rotatable bonds is 3. The van der Waals surface area contributed by atoms with Gasteiger partial charge < -0.3 is 19.9 Å². The van der Waals surface area contributed by atoms with Crippen LogP contribution in [0, 0.1) is 11.3 Å². The van der Waals surface area contributed by atoms with Crippen molar-refractivity contribution < 1.29 is 9.53 Å². The van der Waals surface area contributed by atoms with Crippen molar-refractivity contribution in [3.8, 4) is 0 Å². The fourth-order valence-electron chi connectivity index (χ4n) is 3.85. The van der Waals surface area contributed by atoms with Crippen molar-refractivity contribution in [2.45, 2.75) is 53.6 Å². The molecule has 0 radical (unpaired) electrons. The molecular weight excluding hydrogens is 443 g/mol. The summed E-state index contributed by atoms with van der Waals surface area (Å²) in [5.41, 5.74) is 0.145. The van der Waals surface area contributed by atoms with Crippen LogP contribution in [0.25, 0.3) is 0 Å². The van der Waals surface area contributed by atoms with Gasteiger partial charge in [-0.1, -0.05) is 20.8 Å². The van der Waals surface area contributed by atoms with E-state index in [0.29, 0.717) is 5.92 Å². The quantitative estimate of drug-likeness (QED) is 0.384. The molecule has 0 aromatic heterocycles. The third-order valence-electron chi connectivity index (χ3n) is 5.13. The van der Waals surface area contributed by atoms with Gasteiger partial charge in [-0.05, 0) is 25.2 Å². The van der Waals surface area contributed by atoms with Crippen LogP contribution in [0.4, 0.5) is 0 Å². The highest BCUT2D eigenvalue weighted by Crippen LogP contribution is 2.34. The SMILES string of the molecule is CCNC(=NCC1CCCOC1C(C)(C)C)N1CCN(C(C)=O)CC1.I. The van der Waals surface area contributed by atoms with Crippen LogP contribution in [0.3, 0.4) is 0 Å². The summed E-state index contributed by atoms with van der Waals surface area (Å²) >= 11 is 0. The highest BCUT2D eigenvalue weighted by molar-refractivity contribution is 14.0. The average Bonchev–Trinajstić information content (AvgIpc) is 2.58. The Balaban J connectivity index is 0.00000338. The molecular formula is C19H37IN4O2. The monoisotopic (exact) mass is 480 g/mol. The molecule has 0 aromatic rings. The number of nitrogens with zero attached hydrogens (tertiary/aromatic N) is 3. The average molecular weight is 480 g/mol. The molecule has 1 amide bonds. The maximum atomic E-state index is 11.5. The number of guanidine groups is 1. The van der Waals surface area contributed by atoms with E-state index in [0.717, 1.165) is 58.3 Å². The number of hydrogen-bond acceptors (Lipinski definition) is 3. The zero-order valence-electron chi connectivity index (χ0n) is 17.1. The lowest BCUT2D eigenvalue weighted by Crippen LogP contribution is -2.53. The molecule has 0 saturated carbocycles. The summed E-state index contributed by atoms with van der Waals surface area (Å²) in [5, 5.41) is 3.42. The molecule has 2 fully saturated rings. The Morgan fingerprint density at radius 1 is 1.19 bits per heavy atom. The Hall–Kier alpha value is -0.570. The van der Waals surface area contributed by atoms with Crippen molar-refractivity contribution >= 4 is 35.8 Å². The molecule has 26 heavy (non-hydrogen) atoms. The van der Waals surface area contributed by atoms with Crippen molar-refractivity contribution in [1.29, 1.82) is 0 Å². The fourth-order valence-corrected chi connectivity index (χ4v) is 3.85. The lowest BCUT2D eigenvalue weighted by molar-refractivity contribution is -0.130. The second kappa shape index (κ2) is 10.7. The Bertz CT molecular complexity index is 471. The zero-order valence-corrected chi connectivity index (χ0v) is 19.4. The van der Waals surface area contributed by atoms with Gasteiger partial charge in [-0.3, -0.25) is 9.79 Å². The van der Waals surface area contributed by atoms with E-state index in [-0.39, 0.29) is 41.4 Å². The van der Waals surface area contributed by atoms with Crippen LogP contribution in [0.2, 0.25) is 0 Å². The van der Waals surface area contributed by atoms with Gasteiger partial charge in [-0.25, -0.2) is 0 Å². The summed E-state index contributed by atoms with van der Waals surface area (Å²) < 4.78 is 6.09. The summed E-state index contributed by atoms with van der Waals surface area (Å²) in [7, 11) is 0. The molecule has 0 aromatic carbocycles. The van der Waals surface area contributed by atoms with Crippen LogP contribution in [0.1, 0.15) is 47.5 Å². The number of halogens is 1. The molecule has 152 valence electrons. The number of carbonyl (C=O) groups excluding carboxylic acids is 1. The summed E-state index contributed by atoms with van der Waals surface area (Å²) in [6.07, 6.45) is 2.58. The third-order valence-corrected chi connectivity index (χ3v) is 5.13. The lowest BCUT2D eigenvalue weighted by atomic mass is 9.78. The van der Waals surface area contributed by atoms with E-state index < -0.39 is 0 Å². The number of aliphatic imine (C=N–C) groups is 1. The van der Waals surface area contributed by atoms with E-state index >= 15 is 0 Å². The number of piperazine rings is 1. The van der Waals surface area contributed by atoms with Gasteiger partial charge in [-0.15, -0.1) is 24.0 Å².